The Balaban J connectivity index is 2.30. The SMILES string of the molecule is CC1(C)OB(C(=Cc2c[nH]c(=O)c(N)c2)CS)OC1(C)C. The molecule has 1 fully saturated rings. The highest BCUT2D eigenvalue weighted by Gasteiger charge is 2.52. The quantitative estimate of drug-likeness (QED) is 0.589. The van der Waals surface area contributed by atoms with Crippen LogP contribution >= 0.6 is 12.6 Å². The molecular weight excluding hydrogens is 287 g/mol. The van der Waals surface area contributed by atoms with Gasteiger partial charge in [0.2, 0.25) is 0 Å². The molecule has 1 aliphatic heterocycles. The minimum absolute atomic E-state index is 0.177. The van der Waals surface area contributed by atoms with E-state index in [4.69, 9.17) is 15.0 Å². The van der Waals surface area contributed by atoms with Crippen LogP contribution in [0.4, 0.5) is 5.69 Å². The summed E-state index contributed by atoms with van der Waals surface area (Å²) in [5, 5.41) is 0. The van der Waals surface area contributed by atoms with Crippen LogP contribution in [0.15, 0.2) is 22.5 Å². The topological polar surface area (TPSA) is 77.3 Å². The maximum absolute atomic E-state index is 11.3. The first-order valence-electron chi connectivity index (χ1n) is 6.81. The van der Waals surface area contributed by atoms with Gasteiger partial charge in [0.05, 0.1) is 16.9 Å². The second-order valence-electron chi connectivity index (χ2n) is 6.18. The van der Waals surface area contributed by atoms with Crippen LogP contribution in [0, 0.1) is 0 Å². The number of pyridine rings is 1. The molecule has 1 aromatic rings. The molecule has 1 saturated heterocycles. The van der Waals surface area contributed by atoms with Crippen LogP contribution < -0.4 is 11.3 Å². The van der Waals surface area contributed by atoms with Gasteiger partial charge in [-0.25, -0.2) is 0 Å². The number of nitrogens with two attached hydrogens (primary N) is 1. The normalized spacial score (nSPS) is 20.8. The zero-order valence-electron chi connectivity index (χ0n) is 12.8. The summed E-state index contributed by atoms with van der Waals surface area (Å²) in [5.74, 6) is 0.482. The third-order valence-electron chi connectivity index (χ3n) is 4.04. The molecule has 5 nitrogen and oxygen atoms in total. The lowest BCUT2D eigenvalue weighted by molar-refractivity contribution is 0.00578. The molecule has 2 heterocycles. The fourth-order valence-electron chi connectivity index (χ4n) is 2.00. The lowest BCUT2D eigenvalue weighted by Gasteiger charge is -2.32. The van der Waals surface area contributed by atoms with Crippen molar-refractivity contribution >= 4 is 31.5 Å². The first kappa shape index (κ1) is 16.2. The van der Waals surface area contributed by atoms with Gasteiger partial charge in [-0.15, -0.1) is 0 Å². The number of nitrogens with one attached hydrogen (secondary N) is 1. The van der Waals surface area contributed by atoms with E-state index in [9.17, 15) is 4.79 Å². The van der Waals surface area contributed by atoms with Gasteiger partial charge < -0.3 is 20.0 Å². The molecule has 0 bridgehead atoms. The van der Waals surface area contributed by atoms with Gasteiger partial charge in [-0.1, -0.05) is 6.08 Å². The average molecular weight is 308 g/mol. The molecule has 7 heteroatoms. The number of hydrogen-bond acceptors (Lipinski definition) is 5. The van der Waals surface area contributed by atoms with Gasteiger partial charge in [-0.2, -0.15) is 12.6 Å². The monoisotopic (exact) mass is 308 g/mol. The van der Waals surface area contributed by atoms with E-state index < -0.39 is 18.3 Å². The highest BCUT2D eigenvalue weighted by molar-refractivity contribution is 7.80. The van der Waals surface area contributed by atoms with E-state index in [-0.39, 0.29) is 11.2 Å². The van der Waals surface area contributed by atoms with Gasteiger partial charge >= 0.3 is 7.12 Å². The van der Waals surface area contributed by atoms with Crippen LogP contribution in [0.1, 0.15) is 33.3 Å². The molecule has 0 aliphatic carbocycles. The Morgan fingerprint density at radius 3 is 2.43 bits per heavy atom. The molecule has 1 aliphatic rings. The maximum atomic E-state index is 11.3. The molecule has 2 rings (SSSR count). The number of thiol groups is 1. The van der Waals surface area contributed by atoms with Crippen molar-refractivity contribution in [1.82, 2.24) is 4.98 Å². The third-order valence-corrected chi connectivity index (χ3v) is 4.41. The van der Waals surface area contributed by atoms with Crippen molar-refractivity contribution in [3.63, 3.8) is 0 Å². The van der Waals surface area contributed by atoms with Crippen LogP contribution in [0.5, 0.6) is 0 Å². The van der Waals surface area contributed by atoms with E-state index in [0.717, 1.165) is 11.0 Å². The second kappa shape index (κ2) is 5.55. The van der Waals surface area contributed by atoms with Gasteiger partial charge in [0.25, 0.3) is 5.56 Å². The summed E-state index contributed by atoms with van der Waals surface area (Å²) in [7, 11) is -0.458. The maximum Gasteiger partial charge on any atom is 0.491 e. The molecular formula is C14H21BN2O3S. The lowest BCUT2D eigenvalue weighted by Crippen LogP contribution is -2.41. The van der Waals surface area contributed by atoms with Crippen LogP contribution in [0.2, 0.25) is 0 Å². The Hall–Kier alpha value is -1.18. The second-order valence-corrected chi connectivity index (χ2v) is 6.50. The number of aromatic amines is 1. The lowest BCUT2D eigenvalue weighted by atomic mass is 9.78. The number of rotatable bonds is 3. The minimum atomic E-state index is -0.458. The summed E-state index contributed by atoms with van der Waals surface area (Å²) in [6.45, 7) is 8.00. The predicted octanol–water partition coefficient (Wildman–Crippen LogP) is 1.90. The van der Waals surface area contributed by atoms with Crippen molar-refractivity contribution in [3.8, 4) is 0 Å². The summed E-state index contributed by atoms with van der Waals surface area (Å²) in [6.07, 6.45) is 3.48. The van der Waals surface area contributed by atoms with E-state index in [2.05, 4.69) is 17.6 Å². The van der Waals surface area contributed by atoms with E-state index in [0.29, 0.717) is 5.75 Å². The van der Waals surface area contributed by atoms with Crippen molar-refractivity contribution < 1.29 is 9.31 Å². The third kappa shape index (κ3) is 3.20. The summed E-state index contributed by atoms with van der Waals surface area (Å²) in [4.78, 5) is 13.9. The van der Waals surface area contributed by atoms with E-state index in [1.54, 1.807) is 12.3 Å². The number of nitrogen functional groups attached to an aromatic ring is 1. The number of anilines is 1. The van der Waals surface area contributed by atoms with E-state index >= 15 is 0 Å². The first-order chi connectivity index (χ1) is 9.66. The Morgan fingerprint density at radius 1 is 1.38 bits per heavy atom. The number of H-pyrrole nitrogens is 1. The van der Waals surface area contributed by atoms with Crippen molar-refractivity contribution in [3.05, 3.63) is 33.7 Å². The van der Waals surface area contributed by atoms with Crippen molar-refractivity contribution in [1.29, 1.82) is 0 Å². The molecule has 0 atom stereocenters. The zero-order chi connectivity index (χ0) is 15.8. The molecule has 0 aromatic carbocycles. The molecule has 3 N–H and O–H groups in total. The Labute approximate surface area is 130 Å². The summed E-state index contributed by atoms with van der Waals surface area (Å²) < 4.78 is 12.0. The Kier molecular flexibility index (Phi) is 4.28. The zero-order valence-corrected chi connectivity index (χ0v) is 13.7. The molecule has 114 valence electrons. The van der Waals surface area contributed by atoms with Crippen molar-refractivity contribution in [2.75, 3.05) is 11.5 Å². The van der Waals surface area contributed by atoms with Crippen LogP contribution in [0.25, 0.3) is 6.08 Å². The van der Waals surface area contributed by atoms with Gasteiger partial charge in [0, 0.05) is 11.9 Å². The molecule has 0 saturated carbocycles. The highest BCUT2D eigenvalue weighted by atomic mass is 32.1. The van der Waals surface area contributed by atoms with Crippen molar-refractivity contribution in [2.24, 2.45) is 0 Å². The fraction of sp³-hybridized carbons (Fsp3) is 0.500. The van der Waals surface area contributed by atoms with E-state index in [1.807, 2.05) is 33.8 Å². The van der Waals surface area contributed by atoms with Crippen LogP contribution in [-0.4, -0.2) is 29.1 Å². The first-order valence-corrected chi connectivity index (χ1v) is 7.45. The van der Waals surface area contributed by atoms with Gasteiger partial charge in [-0.05, 0) is 44.8 Å². The standard InChI is InChI=1S/C14H21BN2O3S/c1-13(2)14(3,4)20-15(19-13)10(8-21)5-9-6-11(16)12(18)17-7-9/h5-7,21H,8,16H2,1-4H3,(H,17,18). The van der Waals surface area contributed by atoms with E-state index in [1.165, 1.54) is 0 Å². The summed E-state index contributed by atoms with van der Waals surface area (Å²) in [6, 6.07) is 1.62. The van der Waals surface area contributed by atoms with Crippen LogP contribution in [-0.2, 0) is 9.31 Å². The Bertz CT molecular complexity index is 609. The molecule has 21 heavy (non-hydrogen) atoms. The minimum Gasteiger partial charge on any atom is -0.400 e. The average Bonchev–Trinajstić information content (AvgIpc) is 2.59. The van der Waals surface area contributed by atoms with Crippen molar-refractivity contribution in [2.45, 2.75) is 38.9 Å². The van der Waals surface area contributed by atoms with Gasteiger partial charge in [-0.3, -0.25) is 4.79 Å². The molecule has 1 aromatic heterocycles. The summed E-state index contributed by atoms with van der Waals surface area (Å²) in [5.41, 5.74) is 6.37. The highest BCUT2D eigenvalue weighted by Crippen LogP contribution is 2.38. The van der Waals surface area contributed by atoms with Crippen LogP contribution in [0.3, 0.4) is 0 Å². The Morgan fingerprint density at radius 2 is 1.95 bits per heavy atom. The largest absolute Gasteiger partial charge is 0.491 e. The molecule has 0 unspecified atom stereocenters. The predicted molar refractivity (Wildman–Crippen MR) is 89.4 cm³/mol. The van der Waals surface area contributed by atoms with Gasteiger partial charge in [0.15, 0.2) is 0 Å². The van der Waals surface area contributed by atoms with Gasteiger partial charge in [0.1, 0.15) is 0 Å². The molecule has 0 radical (unpaired) electrons. The fourth-order valence-corrected chi connectivity index (χ4v) is 2.24. The molecule has 0 amide bonds. The molecule has 0 spiro atoms. The summed E-state index contributed by atoms with van der Waals surface area (Å²) >= 11 is 4.35. The number of aromatic nitrogens is 1. The number of hydrogen-bond donors (Lipinski definition) is 3. The smallest absolute Gasteiger partial charge is 0.400 e.